The summed E-state index contributed by atoms with van der Waals surface area (Å²) in [6.45, 7) is 2.17. The Kier molecular flexibility index (Phi) is 2.51. The highest BCUT2D eigenvalue weighted by molar-refractivity contribution is 9.10. The molecule has 0 bridgehead atoms. The SMILES string of the molecule is OCC1CN(c2cncc(Br)c2)C1. The first-order chi connectivity index (χ1) is 6.29. The van der Waals surface area contributed by atoms with Gasteiger partial charge in [-0.15, -0.1) is 0 Å². The van der Waals surface area contributed by atoms with E-state index >= 15 is 0 Å². The van der Waals surface area contributed by atoms with Crippen LogP contribution in [-0.4, -0.2) is 29.8 Å². The van der Waals surface area contributed by atoms with E-state index in [2.05, 4.69) is 25.8 Å². The first-order valence-corrected chi connectivity index (χ1v) is 5.05. The number of aliphatic hydroxyl groups excluding tert-OH is 1. The number of nitrogens with zero attached hydrogens (tertiary/aromatic N) is 2. The summed E-state index contributed by atoms with van der Waals surface area (Å²) in [6.07, 6.45) is 3.62. The summed E-state index contributed by atoms with van der Waals surface area (Å²) in [6, 6.07) is 2.04. The Morgan fingerprint density at radius 2 is 2.31 bits per heavy atom. The normalized spacial score (nSPS) is 17.2. The number of aromatic nitrogens is 1. The van der Waals surface area contributed by atoms with Crippen LogP contribution in [0, 0.1) is 5.92 Å². The molecule has 4 heteroatoms. The number of hydrogen-bond acceptors (Lipinski definition) is 3. The van der Waals surface area contributed by atoms with E-state index in [-0.39, 0.29) is 6.61 Å². The van der Waals surface area contributed by atoms with E-state index in [0.717, 1.165) is 23.2 Å². The monoisotopic (exact) mass is 242 g/mol. The first-order valence-electron chi connectivity index (χ1n) is 4.26. The molecule has 1 N–H and O–H groups in total. The van der Waals surface area contributed by atoms with Gasteiger partial charge in [0.05, 0.1) is 11.9 Å². The van der Waals surface area contributed by atoms with Crippen LogP contribution in [0.1, 0.15) is 0 Å². The second-order valence-corrected chi connectivity index (χ2v) is 4.23. The summed E-state index contributed by atoms with van der Waals surface area (Å²) < 4.78 is 0.998. The number of aliphatic hydroxyl groups is 1. The summed E-state index contributed by atoms with van der Waals surface area (Å²) in [7, 11) is 0. The average molecular weight is 243 g/mol. The Morgan fingerprint density at radius 3 is 2.92 bits per heavy atom. The van der Waals surface area contributed by atoms with Gasteiger partial charge >= 0.3 is 0 Å². The van der Waals surface area contributed by atoms with Gasteiger partial charge in [0, 0.05) is 36.3 Å². The van der Waals surface area contributed by atoms with Gasteiger partial charge in [-0.1, -0.05) is 0 Å². The van der Waals surface area contributed by atoms with Crippen LogP contribution in [-0.2, 0) is 0 Å². The van der Waals surface area contributed by atoms with Crippen LogP contribution in [0.4, 0.5) is 5.69 Å². The van der Waals surface area contributed by atoms with E-state index in [1.807, 2.05) is 12.3 Å². The van der Waals surface area contributed by atoms with Crippen molar-refractivity contribution in [2.45, 2.75) is 0 Å². The lowest BCUT2D eigenvalue weighted by atomic mass is 10.0. The molecule has 1 saturated heterocycles. The van der Waals surface area contributed by atoms with Crippen molar-refractivity contribution in [3.63, 3.8) is 0 Å². The summed E-state index contributed by atoms with van der Waals surface area (Å²) in [5.41, 5.74) is 1.12. The lowest BCUT2D eigenvalue weighted by molar-refractivity contribution is 0.200. The molecule has 1 aromatic rings. The topological polar surface area (TPSA) is 36.4 Å². The van der Waals surface area contributed by atoms with E-state index in [4.69, 9.17) is 5.11 Å². The van der Waals surface area contributed by atoms with E-state index in [1.54, 1.807) is 6.20 Å². The molecule has 1 aromatic heterocycles. The van der Waals surface area contributed by atoms with Crippen LogP contribution in [0.2, 0.25) is 0 Å². The van der Waals surface area contributed by atoms with E-state index in [1.165, 1.54) is 0 Å². The maximum atomic E-state index is 8.85. The molecular formula is C9H11BrN2O. The van der Waals surface area contributed by atoms with Crippen molar-refractivity contribution >= 4 is 21.6 Å². The molecule has 3 nitrogen and oxygen atoms in total. The number of halogens is 1. The van der Waals surface area contributed by atoms with Crippen molar-refractivity contribution in [1.29, 1.82) is 0 Å². The van der Waals surface area contributed by atoms with Crippen molar-refractivity contribution in [2.75, 3.05) is 24.6 Å². The molecule has 13 heavy (non-hydrogen) atoms. The second kappa shape index (κ2) is 3.64. The third-order valence-electron chi connectivity index (χ3n) is 2.27. The average Bonchev–Trinajstić information content (AvgIpc) is 2.02. The number of hydrogen-bond donors (Lipinski definition) is 1. The molecule has 1 fully saturated rings. The van der Waals surface area contributed by atoms with Crippen LogP contribution in [0.3, 0.4) is 0 Å². The van der Waals surface area contributed by atoms with Crippen molar-refractivity contribution in [3.05, 3.63) is 22.9 Å². The zero-order chi connectivity index (χ0) is 9.26. The Bertz CT molecular complexity index is 299. The van der Waals surface area contributed by atoms with E-state index < -0.39 is 0 Å². The van der Waals surface area contributed by atoms with Crippen molar-refractivity contribution in [1.82, 2.24) is 4.98 Å². The van der Waals surface area contributed by atoms with E-state index in [9.17, 15) is 0 Å². The van der Waals surface area contributed by atoms with Crippen LogP contribution >= 0.6 is 15.9 Å². The standard InChI is InChI=1S/C9H11BrN2O/c10-8-1-9(3-11-2-8)12-4-7(5-12)6-13/h1-3,7,13H,4-6H2. The number of pyridine rings is 1. The summed E-state index contributed by atoms with van der Waals surface area (Å²) in [4.78, 5) is 6.29. The molecular weight excluding hydrogens is 232 g/mol. The molecule has 0 spiro atoms. The summed E-state index contributed by atoms with van der Waals surface area (Å²) in [5, 5.41) is 8.85. The lowest BCUT2D eigenvalue weighted by Gasteiger charge is -2.39. The van der Waals surface area contributed by atoms with Gasteiger partial charge in [0.25, 0.3) is 0 Å². The van der Waals surface area contributed by atoms with Gasteiger partial charge in [-0.3, -0.25) is 4.98 Å². The van der Waals surface area contributed by atoms with Crippen molar-refractivity contribution in [2.24, 2.45) is 5.92 Å². The molecule has 0 aromatic carbocycles. The highest BCUT2D eigenvalue weighted by Gasteiger charge is 2.26. The largest absolute Gasteiger partial charge is 0.396 e. The van der Waals surface area contributed by atoms with Crippen molar-refractivity contribution in [3.8, 4) is 0 Å². The number of anilines is 1. The highest BCUT2D eigenvalue weighted by atomic mass is 79.9. The molecule has 0 aliphatic carbocycles. The predicted octanol–water partition coefficient (Wildman–Crippen LogP) is 1.27. The second-order valence-electron chi connectivity index (χ2n) is 3.31. The molecule has 2 rings (SSSR count). The lowest BCUT2D eigenvalue weighted by Crippen LogP contribution is -2.48. The van der Waals surface area contributed by atoms with Crippen LogP contribution in [0.15, 0.2) is 22.9 Å². The maximum Gasteiger partial charge on any atom is 0.0564 e. The molecule has 1 aliphatic rings. The summed E-state index contributed by atoms with van der Waals surface area (Å²) in [5.74, 6) is 0.444. The van der Waals surface area contributed by atoms with Gasteiger partial charge in [0.1, 0.15) is 0 Å². The third-order valence-corrected chi connectivity index (χ3v) is 2.70. The zero-order valence-electron chi connectivity index (χ0n) is 7.15. The zero-order valence-corrected chi connectivity index (χ0v) is 8.74. The molecule has 0 unspecified atom stereocenters. The fourth-order valence-corrected chi connectivity index (χ4v) is 1.82. The van der Waals surface area contributed by atoms with Gasteiger partial charge in [0.2, 0.25) is 0 Å². The van der Waals surface area contributed by atoms with Crippen LogP contribution in [0.5, 0.6) is 0 Å². The maximum absolute atomic E-state index is 8.85. The van der Waals surface area contributed by atoms with Gasteiger partial charge < -0.3 is 10.0 Å². The van der Waals surface area contributed by atoms with Gasteiger partial charge in [0.15, 0.2) is 0 Å². The number of rotatable bonds is 2. The first kappa shape index (κ1) is 8.97. The Labute approximate surface area is 85.5 Å². The molecule has 0 saturated carbocycles. The molecule has 0 atom stereocenters. The Hall–Kier alpha value is -0.610. The van der Waals surface area contributed by atoms with E-state index in [0.29, 0.717) is 5.92 Å². The quantitative estimate of drug-likeness (QED) is 0.849. The molecule has 70 valence electrons. The smallest absolute Gasteiger partial charge is 0.0564 e. The van der Waals surface area contributed by atoms with Gasteiger partial charge in [-0.2, -0.15) is 0 Å². The summed E-state index contributed by atoms with van der Waals surface area (Å²) >= 11 is 3.38. The molecule has 2 heterocycles. The van der Waals surface area contributed by atoms with Crippen LogP contribution in [0.25, 0.3) is 0 Å². The van der Waals surface area contributed by atoms with Gasteiger partial charge in [-0.25, -0.2) is 0 Å². The fourth-order valence-electron chi connectivity index (χ4n) is 1.47. The van der Waals surface area contributed by atoms with Gasteiger partial charge in [-0.05, 0) is 22.0 Å². The minimum atomic E-state index is 0.290. The fraction of sp³-hybridized carbons (Fsp3) is 0.444. The third kappa shape index (κ3) is 1.84. The minimum absolute atomic E-state index is 0.290. The highest BCUT2D eigenvalue weighted by Crippen LogP contribution is 2.25. The van der Waals surface area contributed by atoms with Crippen LogP contribution < -0.4 is 4.90 Å². The minimum Gasteiger partial charge on any atom is -0.396 e. The van der Waals surface area contributed by atoms with Crippen molar-refractivity contribution < 1.29 is 5.11 Å². The molecule has 0 amide bonds. The molecule has 1 aliphatic heterocycles. The predicted molar refractivity (Wildman–Crippen MR) is 54.7 cm³/mol. The molecule has 0 radical (unpaired) electrons. The Morgan fingerprint density at radius 1 is 1.54 bits per heavy atom. The Balaban J connectivity index is 2.03.